The van der Waals surface area contributed by atoms with E-state index in [0.29, 0.717) is 17.1 Å². The Kier molecular flexibility index (Phi) is 7.26. The maximum atomic E-state index is 13.0. The minimum atomic E-state index is -0.487. The molecular formula is C19H20INO5. The molecule has 2 aromatic carbocycles. The summed E-state index contributed by atoms with van der Waals surface area (Å²) in [5.74, 6) is 0.486. The first-order valence-corrected chi connectivity index (χ1v) is 8.89. The lowest BCUT2D eigenvalue weighted by Gasteiger charge is -2.23. The SMILES string of the molecule is COC(=O)CN(Cc1cc(OC)cc(OC)c1)C(=O)c1ccccc1I. The Labute approximate surface area is 166 Å². The fourth-order valence-electron chi connectivity index (χ4n) is 2.40. The average Bonchev–Trinajstić information content (AvgIpc) is 2.66. The first-order valence-electron chi connectivity index (χ1n) is 7.81. The summed E-state index contributed by atoms with van der Waals surface area (Å²) in [6.07, 6.45) is 0. The van der Waals surface area contributed by atoms with Gasteiger partial charge in [-0.2, -0.15) is 0 Å². The van der Waals surface area contributed by atoms with Crippen LogP contribution in [0.3, 0.4) is 0 Å². The van der Waals surface area contributed by atoms with E-state index in [0.717, 1.165) is 9.13 Å². The van der Waals surface area contributed by atoms with Crippen molar-refractivity contribution in [3.8, 4) is 11.5 Å². The van der Waals surface area contributed by atoms with Crippen molar-refractivity contribution in [3.63, 3.8) is 0 Å². The molecule has 0 fully saturated rings. The van der Waals surface area contributed by atoms with Crippen LogP contribution in [0.1, 0.15) is 15.9 Å². The lowest BCUT2D eigenvalue weighted by atomic mass is 10.1. The monoisotopic (exact) mass is 469 g/mol. The largest absolute Gasteiger partial charge is 0.497 e. The van der Waals surface area contributed by atoms with Gasteiger partial charge in [-0.05, 0) is 52.4 Å². The second-order valence-corrected chi connectivity index (χ2v) is 6.60. The number of ether oxygens (including phenoxy) is 3. The highest BCUT2D eigenvalue weighted by atomic mass is 127. The van der Waals surface area contributed by atoms with Gasteiger partial charge in [0.05, 0.1) is 26.9 Å². The van der Waals surface area contributed by atoms with Crippen LogP contribution in [0.25, 0.3) is 0 Å². The van der Waals surface area contributed by atoms with Crippen molar-refractivity contribution in [1.82, 2.24) is 4.90 Å². The predicted molar refractivity (Wildman–Crippen MR) is 105 cm³/mol. The lowest BCUT2D eigenvalue weighted by molar-refractivity contribution is -0.141. The third-order valence-corrected chi connectivity index (χ3v) is 4.66. The molecule has 0 bridgehead atoms. The van der Waals surface area contributed by atoms with Crippen molar-refractivity contribution in [2.45, 2.75) is 6.54 Å². The number of rotatable bonds is 7. The molecule has 0 N–H and O–H groups in total. The van der Waals surface area contributed by atoms with E-state index in [1.54, 1.807) is 44.6 Å². The van der Waals surface area contributed by atoms with Crippen LogP contribution < -0.4 is 9.47 Å². The minimum absolute atomic E-state index is 0.153. The van der Waals surface area contributed by atoms with Crippen molar-refractivity contribution in [1.29, 1.82) is 0 Å². The minimum Gasteiger partial charge on any atom is -0.497 e. The smallest absolute Gasteiger partial charge is 0.325 e. The lowest BCUT2D eigenvalue weighted by Crippen LogP contribution is -2.36. The molecule has 0 aromatic heterocycles. The summed E-state index contributed by atoms with van der Waals surface area (Å²) in [5.41, 5.74) is 1.32. The van der Waals surface area contributed by atoms with E-state index in [9.17, 15) is 9.59 Å². The molecule has 2 rings (SSSR count). The second-order valence-electron chi connectivity index (χ2n) is 5.44. The van der Waals surface area contributed by atoms with Crippen molar-refractivity contribution < 1.29 is 23.8 Å². The normalized spacial score (nSPS) is 10.2. The second kappa shape index (κ2) is 9.42. The van der Waals surface area contributed by atoms with E-state index in [1.807, 2.05) is 12.1 Å². The first kappa shape index (κ1) is 20.0. The number of nitrogens with zero attached hydrogens (tertiary/aromatic N) is 1. The molecule has 0 atom stereocenters. The van der Waals surface area contributed by atoms with Crippen LogP contribution >= 0.6 is 22.6 Å². The van der Waals surface area contributed by atoms with Crippen molar-refractivity contribution >= 4 is 34.5 Å². The third kappa shape index (κ3) is 5.10. The van der Waals surface area contributed by atoms with Gasteiger partial charge in [-0.1, -0.05) is 12.1 Å². The zero-order valence-electron chi connectivity index (χ0n) is 14.8. The summed E-state index contributed by atoms with van der Waals surface area (Å²) < 4.78 is 16.1. The maximum Gasteiger partial charge on any atom is 0.325 e. The zero-order chi connectivity index (χ0) is 19.1. The van der Waals surface area contributed by atoms with Crippen LogP contribution in [0.15, 0.2) is 42.5 Å². The number of amides is 1. The Balaban J connectivity index is 2.35. The molecular weight excluding hydrogens is 449 g/mol. The average molecular weight is 469 g/mol. The topological polar surface area (TPSA) is 65.1 Å². The number of methoxy groups -OCH3 is 3. The van der Waals surface area contributed by atoms with Crippen molar-refractivity contribution in [2.75, 3.05) is 27.9 Å². The van der Waals surface area contributed by atoms with Crippen LogP contribution in [-0.4, -0.2) is 44.7 Å². The van der Waals surface area contributed by atoms with Crippen LogP contribution in [-0.2, 0) is 16.1 Å². The number of benzene rings is 2. The molecule has 0 saturated heterocycles. The summed E-state index contributed by atoms with van der Waals surface area (Å²) in [7, 11) is 4.41. The molecule has 0 heterocycles. The molecule has 0 saturated carbocycles. The van der Waals surface area contributed by atoms with E-state index in [1.165, 1.54) is 12.0 Å². The van der Waals surface area contributed by atoms with Gasteiger partial charge in [-0.3, -0.25) is 9.59 Å². The molecule has 0 aliphatic heterocycles. The molecule has 0 aliphatic rings. The zero-order valence-corrected chi connectivity index (χ0v) is 17.0. The van der Waals surface area contributed by atoms with Gasteiger partial charge in [-0.25, -0.2) is 0 Å². The molecule has 6 nitrogen and oxygen atoms in total. The summed E-state index contributed by atoms with van der Waals surface area (Å²) in [5, 5.41) is 0. The third-order valence-electron chi connectivity index (χ3n) is 3.72. The Morgan fingerprint density at radius 3 is 2.15 bits per heavy atom. The van der Waals surface area contributed by atoms with Gasteiger partial charge in [0.2, 0.25) is 0 Å². The van der Waals surface area contributed by atoms with Crippen LogP contribution in [0, 0.1) is 3.57 Å². The highest BCUT2D eigenvalue weighted by Crippen LogP contribution is 2.24. The number of hydrogen-bond donors (Lipinski definition) is 0. The molecule has 138 valence electrons. The van der Waals surface area contributed by atoms with Gasteiger partial charge in [0.25, 0.3) is 5.91 Å². The Hall–Kier alpha value is -2.29. The van der Waals surface area contributed by atoms with Crippen LogP contribution in [0.2, 0.25) is 0 Å². The van der Waals surface area contributed by atoms with Crippen LogP contribution in [0.4, 0.5) is 0 Å². The molecule has 26 heavy (non-hydrogen) atoms. The van der Waals surface area contributed by atoms with E-state index in [2.05, 4.69) is 22.6 Å². The Bertz CT molecular complexity index is 771. The summed E-state index contributed by atoms with van der Waals surface area (Å²) in [6.45, 7) is 0.0618. The van der Waals surface area contributed by atoms with Crippen molar-refractivity contribution in [2.24, 2.45) is 0 Å². The van der Waals surface area contributed by atoms with Crippen molar-refractivity contribution in [3.05, 3.63) is 57.2 Å². The summed E-state index contributed by atoms with van der Waals surface area (Å²) >= 11 is 2.10. The van der Waals surface area contributed by atoms with E-state index < -0.39 is 5.97 Å². The van der Waals surface area contributed by atoms with Gasteiger partial charge in [-0.15, -0.1) is 0 Å². The molecule has 7 heteroatoms. The Morgan fingerprint density at radius 1 is 1.00 bits per heavy atom. The first-order chi connectivity index (χ1) is 12.5. The van der Waals surface area contributed by atoms with E-state index >= 15 is 0 Å². The number of carbonyl (C=O) groups excluding carboxylic acids is 2. The molecule has 0 unspecified atom stereocenters. The molecule has 0 spiro atoms. The van der Waals surface area contributed by atoms with E-state index in [4.69, 9.17) is 14.2 Å². The van der Waals surface area contributed by atoms with Gasteiger partial charge < -0.3 is 19.1 Å². The molecule has 0 radical (unpaired) electrons. The highest BCUT2D eigenvalue weighted by molar-refractivity contribution is 14.1. The molecule has 0 aliphatic carbocycles. The van der Waals surface area contributed by atoms with Gasteiger partial charge in [0.15, 0.2) is 0 Å². The van der Waals surface area contributed by atoms with Gasteiger partial charge >= 0.3 is 5.97 Å². The molecule has 2 aromatic rings. The fourth-order valence-corrected chi connectivity index (χ4v) is 3.02. The number of esters is 1. The van der Waals surface area contributed by atoms with Crippen LogP contribution in [0.5, 0.6) is 11.5 Å². The quantitative estimate of drug-likeness (QED) is 0.461. The fraction of sp³-hybridized carbons (Fsp3) is 0.263. The van der Waals surface area contributed by atoms with E-state index in [-0.39, 0.29) is 19.0 Å². The molecule has 1 amide bonds. The Morgan fingerprint density at radius 2 is 1.62 bits per heavy atom. The standard InChI is InChI=1S/C19H20INO5/c1-24-14-8-13(9-15(10-14)25-2)11-21(12-18(22)26-3)19(23)16-6-4-5-7-17(16)20/h4-10H,11-12H2,1-3H3. The number of hydrogen-bond acceptors (Lipinski definition) is 5. The number of halogens is 1. The number of carbonyl (C=O) groups is 2. The summed E-state index contributed by atoms with van der Waals surface area (Å²) in [6, 6.07) is 12.6. The predicted octanol–water partition coefficient (Wildman–Crippen LogP) is 3.12. The van der Waals surface area contributed by atoms with Gasteiger partial charge in [0.1, 0.15) is 18.0 Å². The summed E-state index contributed by atoms with van der Waals surface area (Å²) in [4.78, 5) is 26.2. The highest BCUT2D eigenvalue weighted by Gasteiger charge is 2.22. The van der Waals surface area contributed by atoms with Gasteiger partial charge in [0, 0.05) is 16.2 Å². The maximum absolute atomic E-state index is 13.0.